The van der Waals surface area contributed by atoms with Crippen molar-refractivity contribution in [1.29, 1.82) is 0 Å². The molecule has 1 amide bonds. The van der Waals surface area contributed by atoms with E-state index in [9.17, 15) is 4.79 Å². The molecule has 1 unspecified atom stereocenters. The number of halogens is 1. The minimum Gasteiger partial charge on any atom is -0.343 e. The summed E-state index contributed by atoms with van der Waals surface area (Å²) in [5.74, 6) is 0.718. The van der Waals surface area contributed by atoms with E-state index in [1.165, 1.54) is 6.42 Å². The van der Waals surface area contributed by atoms with Crippen molar-refractivity contribution in [3.05, 3.63) is 0 Å². The maximum atomic E-state index is 10.9. The highest BCUT2D eigenvalue weighted by Gasteiger charge is 2.19. The Labute approximate surface area is 79.7 Å². The number of carbonyl (C=O) groups excluding carboxylic acids is 1. The third kappa shape index (κ3) is 2.99. The SMILES string of the molecule is CC(=O)N1CCCC(CN)C1.Cl. The number of nitrogens with zero attached hydrogens (tertiary/aromatic N) is 1. The summed E-state index contributed by atoms with van der Waals surface area (Å²) >= 11 is 0. The van der Waals surface area contributed by atoms with Crippen LogP contribution in [0.25, 0.3) is 0 Å². The third-order valence-corrected chi connectivity index (χ3v) is 2.30. The van der Waals surface area contributed by atoms with Crippen molar-refractivity contribution in [2.45, 2.75) is 19.8 Å². The lowest BCUT2D eigenvalue weighted by Crippen LogP contribution is -2.40. The lowest BCUT2D eigenvalue weighted by Gasteiger charge is -2.31. The summed E-state index contributed by atoms with van der Waals surface area (Å²) in [4.78, 5) is 12.8. The molecule has 1 saturated heterocycles. The smallest absolute Gasteiger partial charge is 0.219 e. The van der Waals surface area contributed by atoms with E-state index in [2.05, 4.69) is 0 Å². The van der Waals surface area contributed by atoms with Crippen molar-refractivity contribution < 1.29 is 4.79 Å². The Morgan fingerprint density at radius 1 is 1.67 bits per heavy atom. The van der Waals surface area contributed by atoms with Gasteiger partial charge in [-0.15, -0.1) is 12.4 Å². The minimum atomic E-state index is 0. The van der Waals surface area contributed by atoms with Crippen molar-refractivity contribution in [1.82, 2.24) is 4.90 Å². The van der Waals surface area contributed by atoms with Gasteiger partial charge in [0.25, 0.3) is 0 Å². The minimum absolute atomic E-state index is 0. The van der Waals surface area contributed by atoms with Gasteiger partial charge >= 0.3 is 0 Å². The van der Waals surface area contributed by atoms with Crippen LogP contribution in [0, 0.1) is 5.92 Å². The van der Waals surface area contributed by atoms with Gasteiger partial charge in [-0.25, -0.2) is 0 Å². The fourth-order valence-corrected chi connectivity index (χ4v) is 1.54. The maximum Gasteiger partial charge on any atom is 0.219 e. The van der Waals surface area contributed by atoms with E-state index < -0.39 is 0 Å². The average Bonchev–Trinajstić information content (AvgIpc) is 2.05. The summed E-state index contributed by atoms with van der Waals surface area (Å²) in [7, 11) is 0. The van der Waals surface area contributed by atoms with Gasteiger partial charge in [-0.2, -0.15) is 0 Å². The van der Waals surface area contributed by atoms with Gasteiger partial charge in [0.15, 0.2) is 0 Å². The summed E-state index contributed by atoms with van der Waals surface area (Å²) in [6.07, 6.45) is 2.29. The normalized spacial score (nSPS) is 23.2. The molecule has 0 saturated carbocycles. The molecule has 3 nitrogen and oxygen atoms in total. The molecule has 12 heavy (non-hydrogen) atoms. The number of amides is 1. The van der Waals surface area contributed by atoms with Gasteiger partial charge in [0.2, 0.25) is 5.91 Å². The van der Waals surface area contributed by atoms with Gasteiger partial charge < -0.3 is 10.6 Å². The first kappa shape index (κ1) is 11.7. The highest BCUT2D eigenvalue weighted by molar-refractivity contribution is 5.85. The molecular formula is C8H17ClN2O. The Kier molecular flexibility index (Phi) is 5.25. The summed E-state index contributed by atoms with van der Waals surface area (Å²) in [6, 6.07) is 0. The average molecular weight is 193 g/mol. The fourth-order valence-electron chi connectivity index (χ4n) is 1.54. The van der Waals surface area contributed by atoms with Crippen molar-refractivity contribution in [2.24, 2.45) is 11.7 Å². The maximum absolute atomic E-state index is 10.9. The third-order valence-electron chi connectivity index (χ3n) is 2.30. The molecule has 0 aromatic rings. The molecule has 1 aliphatic rings. The van der Waals surface area contributed by atoms with Crippen LogP contribution >= 0.6 is 12.4 Å². The highest BCUT2D eigenvalue weighted by atomic mass is 35.5. The predicted molar refractivity (Wildman–Crippen MR) is 51.3 cm³/mol. The van der Waals surface area contributed by atoms with E-state index in [1.54, 1.807) is 6.92 Å². The summed E-state index contributed by atoms with van der Waals surface area (Å²) in [5.41, 5.74) is 5.53. The first-order valence-electron chi connectivity index (χ1n) is 4.19. The Hall–Kier alpha value is -0.280. The van der Waals surface area contributed by atoms with Crippen LogP contribution in [-0.2, 0) is 4.79 Å². The summed E-state index contributed by atoms with van der Waals surface area (Å²) in [5, 5.41) is 0. The standard InChI is InChI=1S/C8H16N2O.ClH/c1-7(11)10-4-2-3-8(5-9)6-10;/h8H,2-6,9H2,1H3;1H. The van der Waals surface area contributed by atoms with Crippen LogP contribution in [-0.4, -0.2) is 30.4 Å². The van der Waals surface area contributed by atoms with E-state index in [0.717, 1.165) is 19.5 Å². The molecule has 1 atom stereocenters. The first-order chi connectivity index (χ1) is 5.24. The van der Waals surface area contributed by atoms with Gasteiger partial charge in [-0.1, -0.05) is 0 Å². The second-order valence-corrected chi connectivity index (χ2v) is 3.21. The van der Waals surface area contributed by atoms with Crippen molar-refractivity contribution in [3.63, 3.8) is 0 Å². The Balaban J connectivity index is 0.00000121. The molecule has 0 spiro atoms. The number of rotatable bonds is 1. The molecule has 0 bridgehead atoms. The molecule has 0 aromatic heterocycles. The van der Waals surface area contributed by atoms with Crippen LogP contribution in [0.4, 0.5) is 0 Å². The van der Waals surface area contributed by atoms with E-state index in [0.29, 0.717) is 12.5 Å². The Morgan fingerprint density at radius 2 is 2.33 bits per heavy atom. The molecular weight excluding hydrogens is 176 g/mol. The topological polar surface area (TPSA) is 46.3 Å². The largest absolute Gasteiger partial charge is 0.343 e. The lowest BCUT2D eigenvalue weighted by molar-refractivity contribution is -0.130. The molecule has 1 rings (SSSR count). The second-order valence-electron chi connectivity index (χ2n) is 3.21. The van der Waals surface area contributed by atoms with Crippen molar-refractivity contribution in [3.8, 4) is 0 Å². The van der Waals surface area contributed by atoms with Crippen LogP contribution in [0.1, 0.15) is 19.8 Å². The van der Waals surface area contributed by atoms with E-state index in [-0.39, 0.29) is 18.3 Å². The Morgan fingerprint density at radius 3 is 2.83 bits per heavy atom. The van der Waals surface area contributed by atoms with E-state index in [4.69, 9.17) is 5.73 Å². The number of carbonyl (C=O) groups is 1. The quantitative estimate of drug-likeness (QED) is 0.663. The lowest BCUT2D eigenvalue weighted by atomic mass is 9.98. The van der Waals surface area contributed by atoms with Gasteiger partial charge in [-0.3, -0.25) is 4.79 Å². The van der Waals surface area contributed by atoms with Crippen LogP contribution in [0.2, 0.25) is 0 Å². The molecule has 4 heteroatoms. The van der Waals surface area contributed by atoms with Crippen molar-refractivity contribution in [2.75, 3.05) is 19.6 Å². The molecule has 2 N–H and O–H groups in total. The summed E-state index contributed by atoms with van der Waals surface area (Å²) in [6.45, 7) is 4.13. The second kappa shape index (κ2) is 5.38. The zero-order valence-electron chi connectivity index (χ0n) is 7.45. The van der Waals surface area contributed by atoms with Gasteiger partial charge in [0.05, 0.1) is 0 Å². The number of nitrogens with two attached hydrogens (primary N) is 1. The van der Waals surface area contributed by atoms with E-state index in [1.807, 2.05) is 4.90 Å². The fraction of sp³-hybridized carbons (Fsp3) is 0.875. The number of hydrogen-bond acceptors (Lipinski definition) is 2. The van der Waals surface area contributed by atoms with Crippen LogP contribution in [0.3, 0.4) is 0 Å². The van der Waals surface area contributed by atoms with Crippen molar-refractivity contribution >= 4 is 18.3 Å². The summed E-state index contributed by atoms with van der Waals surface area (Å²) < 4.78 is 0. The van der Waals surface area contributed by atoms with Crippen LogP contribution in [0.15, 0.2) is 0 Å². The van der Waals surface area contributed by atoms with Crippen LogP contribution in [0.5, 0.6) is 0 Å². The number of hydrogen-bond donors (Lipinski definition) is 1. The van der Waals surface area contributed by atoms with Gasteiger partial charge in [0, 0.05) is 20.0 Å². The molecule has 1 aliphatic heterocycles. The molecule has 0 radical (unpaired) electrons. The predicted octanol–water partition coefficient (Wildman–Crippen LogP) is 0.625. The highest BCUT2D eigenvalue weighted by Crippen LogP contribution is 2.14. The zero-order valence-corrected chi connectivity index (χ0v) is 8.27. The molecule has 1 fully saturated rings. The molecule has 0 aliphatic carbocycles. The monoisotopic (exact) mass is 192 g/mol. The number of likely N-dealkylation sites (tertiary alicyclic amines) is 1. The molecule has 72 valence electrons. The zero-order chi connectivity index (χ0) is 8.27. The Bertz CT molecular complexity index is 152. The van der Waals surface area contributed by atoms with E-state index >= 15 is 0 Å². The molecule has 0 aromatic carbocycles. The van der Waals surface area contributed by atoms with Gasteiger partial charge in [-0.05, 0) is 25.3 Å². The first-order valence-corrected chi connectivity index (χ1v) is 4.19. The number of piperidine rings is 1. The molecule has 1 heterocycles. The van der Waals surface area contributed by atoms with Crippen LogP contribution < -0.4 is 5.73 Å². The van der Waals surface area contributed by atoms with Gasteiger partial charge in [0.1, 0.15) is 0 Å².